The van der Waals surface area contributed by atoms with Crippen LogP contribution in [0.5, 0.6) is 5.75 Å². The Hall–Kier alpha value is -3.35. The zero-order valence-electron chi connectivity index (χ0n) is 16.3. The first kappa shape index (κ1) is 19.4. The molecule has 0 unspecified atom stereocenters. The van der Waals surface area contributed by atoms with E-state index in [1.807, 2.05) is 48.5 Å². The molecule has 0 spiro atoms. The van der Waals surface area contributed by atoms with Gasteiger partial charge in [0.1, 0.15) is 5.75 Å². The molecule has 2 aromatic carbocycles. The first-order chi connectivity index (χ1) is 13.5. The number of carbonyl (C=O) groups excluding carboxylic acids is 1. The van der Waals surface area contributed by atoms with E-state index in [-0.39, 0.29) is 24.4 Å². The highest BCUT2D eigenvalue weighted by atomic mass is 16.5. The first-order valence-corrected chi connectivity index (χ1v) is 9.06. The molecule has 146 valence electrons. The van der Waals surface area contributed by atoms with Crippen LogP contribution in [-0.4, -0.2) is 36.7 Å². The predicted octanol–water partition coefficient (Wildman–Crippen LogP) is 2.18. The number of aryl methyl sites for hydroxylation is 1. The van der Waals surface area contributed by atoms with Crippen LogP contribution in [0.4, 0.5) is 5.82 Å². The van der Waals surface area contributed by atoms with Gasteiger partial charge in [0.2, 0.25) is 5.91 Å². The zero-order valence-corrected chi connectivity index (χ0v) is 16.3. The number of amides is 1. The summed E-state index contributed by atoms with van der Waals surface area (Å²) >= 11 is 0. The summed E-state index contributed by atoms with van der Waals surface area (Å²) < 4.78 is 6.91. The van der Waals surface area contributed by atoms with Crippen molar-refractivity contribution in [3.8, 4) is 5.75 Å². The van der Waals surface area contributed by atoms with Crippen molar-refractivity contribution in [2.45, 2.75) is 19.5 Å². The van der Waals surface area contributed by atoms with Gasteiger partial charge in [-0.1, -0.05) is 30.3 Å². The van der Waals surface area contributed by atoms with E-state index in [2.05, 4.69) is 10.3 Å². The predicted molar refractivity (Wildman–Crippen MR) is 110 cm³/mol. The second kappa shape index (κ2) is 8.56. The Balaban J connectivity index is 1.75. The molecule has 0 radical (unpaired) electrons. The topological polar surface area (TPSA) is 76.5 Å². The summed E-state index contributed by atoms with van der Waals surface area (Å²) in [4.78, 5) is 31.3. The molecule has 1 N–H and O–H groups in total. The largest absolute Gasteiger partial charge is 0.496 e. The van der Waals surface area contributed by atoms with E-state index >= 15 is 0 Å². The molecule has 0 aliphatic carbocycles. The van der Waals surface area contributed by atoms with Gasteiger partial charge in [0, 0.05) is 39.2 Å². The van der Waals surface area contributed by atoms with E-state index in [9.17, 15) is 9.59 Å². The van der Waals surface area contributed by atoms with E-state index in [1.54, 1.807) is 30.7 Å². The molecule has 0 aliphatic heterocycles. The maximum absolute atomic E-state index is 12.8. The lowest BCUT2D eigenvalue weighted by Gasteiger charge is -2.16. The number of nitrogens with one attached hydrogen (secondary N) is 1. The minimum atomic E-state index is -0.207. The number of rotatable bonds is 7. The van der Waals surface area contributed by atoms with E-state index in [4.69, 9.17) is 4.74 Å². The lowest BCUT2D eigenvalue weighted by molar-refractivity contribution is -0.121. The van der Waals surface area contributed by atoms with Gasteiger partial charge in [0.25, 0.3) is 5.56 Å². The van der Waals surface area contributed by atoms with E-state index in [0.29, 0.717) is 12.4 Å². The number of methoxy groups -OCH3 is 1. The number of nitrogens with zero attached hydrogens (tertiary/aromatic N) is 3. The molecule has 0 bridgehead atoms. The zero-order chi connectivity index (χ0) is 20.1. The second-order valence-electron chi connectivity index (χ2n) is 6.61. The van der Waals surface area contributed by atoms with Crippen LogP contribution in [0.2, 0.25) is 0 Å². The highest BCUT2D eigenvalue weighted by Crippen LogP contribution is 2.17. The van der Waals surface area contributed by atoms with Crippen molar-refractivity contribution in [3.05, 3.63) is 64.4 Å². The van der Waals surface area contributed by atoms with Crippen LogP contribution in [-0.2, 0) is 17.9 Å². The monoisotopic (exact) mass is 380 g/mol. The fraction of sp³-hybridized carbons (Fsp3) is 0.286. The molecule has 0 saturated heterocycles. The molecule has 7 heteroatoms. The van der Waals surface area contributed by atoms with Crippen molar-refractivity contribution in [1.82, 2.24) is 14.9 Å². The number of hydrogen-bond donors (Lipinski definition) is 1. The van der Waals surface area contributed by atoms with Crippen LogP contribution in [0.3, 0.4) is 0 Å². The number of carbonyl (C=O) groups is 1. The second-order valence-corrected chi connectivity index (χ2v) is 6.61. The van der Waals surface area contributed by atoms with Gasteiger partial charge in [-0.2, -0.15) is 0 Å². The molecule has 1 amide bonds. The summed E-state index contributed by atoms with van der Waals surface area (Å²) in [6, 6.07) is 15.0. The van der Waals surface area contributed by atoms with Gasteiger partial charge in [-0.05, 0) is 18.2 Å². The summed E-state index contributed by atoms with van der Waals surface area (Å²) in [6.45, 7) is 0.651. The molecular weight excluding hydrogens is 356 g/mol. The summed E-state index contributed by atoms with van der Waals surface area (Å²) in [5.41, 5.74) is 2.14. The van der Waals surface area contributed by atoms with Gasteiger partial charge in [0.05, 0.1) is 18.1 Å². The average molecular weight is 380 g/mol. The first-order valence-electron chi connectivity index (χ1n) is 9.06. The molecule has 0 fully saturated rings. The van der Waals surface area contributed by atoms with Crippen LogP contribution in [0.1, 0.15) is 12.0 Å². The molecule has 0 aliphatic rings. The minimum Gasteiger partial charge on any atom is -0.496 e. The van der Waals surface area contributed by atoms with Crippen LogP contribution < -0.4 is 20.5 Å². The quantitative estimate of drug-likeness (QED) is 0.680. The molecule has 1 heterocycles. The van der Waals surface area contributed by atoms with Crippen molar-refractivity contribution < 1.29 is 9.53 Å². The summed E-state index contributed by atoms with van der Waals surface area (Å²) in [5, 5.41) is 2.89. The summed E-state index contributed by atoms with van der Waals surface area (Å²) in [7, 11) is 5.16. The van der Waals surface area contributed by atoms with Crippen LogP contribution in [0.25, 0.3) is 11.0 Å². The van der Waals surface area contributed by atoms with E-state index in [0.717, 1.165) is 22.3 Å². The Morgan fingerprint density at radius 3 is 2.61 bits per heavy atom. The maximum atomic E-state index is 12.8. The lowest BCUT2D eigenvalue weighted by atomic mass is 10.2. The molecule has 28 heavy (non-hydrogen) atoms. The van der Waals surface area contributed by atoms with Crippen molar-refractivity contribution in [2.75, 3.05) is 26.1 Å². The van der Waals surface area contributed by atoms with Crippen molar-refractivity contribution in [2.24, 2.45) is 0 Å². The molecule has 7 nitrogen and oxygen atoms in total. The highest BCUT2D eigenvalue weighted by molar-refractivity contribution is 5.78. The third kappa shape index (κ3) is 4.14. The number of para-hydroxylation sites is 3. The molecule has 0 saturated carbocycles. The van der Waals surface area contributed by atoms with Crippen LogP contribution in [0, 0.1) is 0 Å². The molecule has 3 aromatic rings. The Morgan fingerprint density at radius 2 is 1.86 bits per heavy atom. The standard InChI is InChI=1S/C21H24N4O3/c1-24(2)20-21(27)25(17-10-6-5-9-16(17)23-20)13-12-19(26)22-14-15-8-4-7-11-18(15)28-3/h4-11H,12-14H2,1-3H3,(H,22,26). The molecule has 0 atom stereocenters. The van der Waals surface area contributed by atoms with Crippen LogP contribution in [0.15, 0.2) is 53.3 Å². The van der Waals surface area contributed by atoms with Crippen LogP contribution >= 0.6 is 0 Å². The Bertz CT molecular complexity index is 1040. The number of ether oxygens (including phenoxy) is 1. The van der Waals surface area contributed by atoms with Gasteiger partial charge in [-0.25, -0.2) is 4.98 Å². The van der Waals surface area contributed by atoms with Gasteiger partial charge in [-0.15, -0.1) is 0 Å². The highest BCUT2D eigenvalue weighted by Gasteiger charge is 2.13. The number of fused-ring (bicyclic) bond motifs is 1. The Labute approximate surface area is 163 Å². The third-order valence-electron chi connectivity index (χ3n) is 4.49. The molecule has 3 rings (SSSR count). The van der Waals surface area contributed by atoms with Gasteiger partial charge < -0.3 is 19.5 Å². The van der Waals surface area contributed by atoms with Gasteiger partial charge in [0.15, 0.2) is 5.82 Å². The van der Waals surface area contributed by atoms with Crippen molar-refractivity contribution in [3.63, 3.8) is 0 Å². The normalized spacial score (nSPS) is 10.7. The average Bonchev–Trinajstić information content (AvgIpc) is 2.71. The van der Waals surface area contributed by atoms with Gasteiger partial charge in [-0.3, -0.25) is 9.59 Å². The minimum absolute atomic E-state index is 0.134. The van der Waals surface area contributed by atoms with E-state index in [1.165, 1.54) is 0 Å². The van der Waals surface area contributed by atoms with Crippen molar-refractivity contribution in [1.29, 1.82) is 0 Å². The summed E-state index contributed by atoms with van der Waals surface area (Å²) in [6.07, 6.45) is 0.190. The maximum Gasteiger partial charge on any atom is 0.293 e. The number of anilines is 1. The Morgan fingerprint density at radius 1 is 1.14 bits per heavy atom. The lowest BCUT2D eigenvalue weighted by Crippen LogP contribution is -2.31. The molecule has 1 aromatic heterocycles. The van der Waals surface area contributed by atoms with Crippen molar-refractivity contribution >= 4 is 22.8 Å². The summed E-state index contributed by atoms with van der Waals surface area (Å²) in [5.74, 6) is 0.952. The fourth-order valence-corrected chi connectivity index (χ4v) is 3.04. The van der Waals surface area contributed by atoms with E-state index < -0.39 is 0 Å². The fourth-order valence-electron chi connectivity index (χ4n) is 3.04. The third-order valence-corrected chi connectivity index (χ3v) is 4.49. The molecular formula is C21H24N4O3. The SMILES string of the molecule is COc1ccccc1CNC(=O)CCn1c(=O)c(N(C)C)nc2ccccc21. The smallest absolute Gasteiger partial charge is 0.293 e. The Kier molecular flexibility index (Phi) is 5.93. The number of aromatic nitrogens is 2. The van der Waals surface area contributed by atoms with Gasteiger partial charge >= 0.3 is 0 Å². The number of hydrogen-bond acceptors (Lipinski definition) is 5. The number of benzene rings is 2.